The first kappa shape index (κ1) is 34.7. The number of rotatable bonds is 12. The Kier molecular flexibility index (Phi) is 12.0. The molecule has 1 heterocycles. The van der Waals surface area contributed by atoms with Gasteiger partial charge < -0.3 is 41.7 Å². The van der Waals surface area contributed by atoms with Crippen molar-refractivity contribution in [2.24, 2.45) is 0 Å². The molecule has 1 aliphatic rings. The number of hydrogen-bond acceptors (Lipinski definition) is 7. The van der Waals surface area contributed by atoms with Crippen molar-refractivity contribution in [3.8, 4) is 11.1 Å². The predicted octanol–water partition coefficient (Wildman–Crippen LogP) is 2.95. The van der Waals surface area contributed by atoms with E-state index in [0.29, 0.717) is 17.1 Å². The molecule has 3 aromatic rings. The topological polar surface area (TPSA) is 155 Å². The summed E-state index contributed by atoms with van der Waals surface area (Å²) in [6.45, 7) is 4.19. The molecule has 2 atom stereocenters. The largest absolute Gasteiger partial charge is 0.394 e. The Morgan fingerprint density at radius 3 is 2.52 bits per heavy atom. The van der Waals surface area contributed by atoms with Gasteiger partial charge in [0.05, 0.1) is 24.9 Å². The molecule has 11 nitrogen and oxygen atoms in total. The predicted molar refractivity (Wildman–Crippen MR) is 177 cm³/mol. The second-order valence-electron chi connectivity index (χ2n) is 11.6. The summed E-state index contributed by atoms with van der Waals surface area (Å²) in [6.07, 6.45) is -0.921. The summed E-state index contributed by atoms with van der Waals surface area (Å²) >= 11 is 1.30. The van der Waals surface area contributed by atoms with Gasteiger partial charge in [-0.15, -0.1) is 11.8 Å². The Morgan fingerprint density at radius 2 is 1.80 bits per heavy atom. The average molecular weight is 653 g/mol. The van der Waals surface area contributed by atoms with E-state index in [0.717, 1.165) is 22.3 Å². The third-order valence-corrected chi connectivity index (χ3v) is 8.63. The van der Waals surface area contributed by atoms with Crippen LogP contribution in [0.25, 0.3) is 11.1 Å². The van der Waals surface area contributed by atoms with Crippen LogP contribution in [0.2, 0.25) is 0 Å². The number of nitrogens with one attached hydrogen (secondary N) is 5. The van der Waals surface area contributed by atoms with Gasteiger partial charge in [0.1, 0.15) is 11.9 Å². The Bertz CT molecular complexity index is 1520. The number of amides is 5. The minimum Gasteiger partial charge on any atom is -0.394 e. The highest BCUT2D eigenvalue weighted by Gasteiger charge is 2.32. The van der Waals surface area contributed by atoms with Gasteiger partial charge in [0.15, 0.2) is 0 Å². The van der Waals surface area contributed by atoms with E-state index in [1.54, 1.807) is 18.0 Å². The van der Waals surface area contributed by atoms with Crippen LogP contribution < -0.4 is 31.5 Å². The third kappa shape index (κ3) is 9.42. The summed E-state index contributed by atoms with van der Waals surface area (Å²) < 4.78 is 14.2. The van der Waals surface area contributed by atoms with Crippen LogP contribution in [0.5, 0.6) is 0 Å². The molecule has 7 N–H and O–H groups in total. The maximum atomic E-state index is 14.2. The van der Waals surface area contributed by atoms with Gasteiger partial charge in [-0.1, -0.05) is 48.5 Å². The first-order valence-corrected chi connectivity index (χ1v) is 15.9. The van der Waals surface area contributed by atoms with E-state index in [-0.39, 0.29) is 43.9 Å². The molecule has 4 rings (SSSR count). The highest BCUT2D eigenvalue weighted by Crippen LogP contribution is 2.36. The normalized spacial score (nSPS) is 15.4. The number of aliphatic hydroxyl groups is 2. The van der Waals surface area contributed by atoms with Gasteiger partial charge in [-0.25, -0.2) is 14.0 Å². The SMILES string of the molecule is CNC(=O)NCc1ccccc1-c1ccc(CN2C(=O)[C@H](NC(=O)NCC(C)(C)NC[C@H](O)CO)CSc3cc(F)ccc32)cc1. The number of halogens is 1. The van der Waals surface area contributed by atoms with Crippen molar-refractivity contribution < 1.29 is 29.0 Å². The van der Waals surface area contributed by atoms with Crippen LogP contribution in [-0.4, -0.2) is 78.4 Å². The highest BCUT2D eigenvalue weighted by molar-refractivity contribution is 7.99. The number of thioether (sulfide) groups is 1. The van der Waals surface area contributed by atoms with Crippen molar-refractivity contribution >= 4 is 35.4 Å². The first-order valence-electron chi connectivity index (χ1n) is 14.9. The molecule has 0 saturated heterocycles. The molecule has 46 heavy (non-hydrogen) atoms. The van der Waals surface area contributed by atoms with Gasteiger partial charge in [0, 0.05) is 42.9 Å². The number of fused-ring (bicyclic) bond motifs is 1. The minimum absolute atomic E-state index is 0.150. The molecule has 246 valence electrons. The molecule has 0 aromatic heterocycles. The standard InChI is InChI=1S/C33H41FN6O5S/c1-33(2,38-16-25(42)18-41)20-37-32(45)39-27-19-46-29-14-24(34)12-13-28(29)40(30(27)43)17-21-8-10-22(11-9-21)26-7-5-4-6-23(26)15-36-31(44)35-3/h4-14,25,27,38,41-42H,15-20H2,1-3H3,(H2,35,36,44)(H2,37,39,45)/t25-,27+/m0/s1. The molecule has 0 bridgehead atoms. The third-order valence-electron chi connectivity index (χ3n) is 7.49. The van der Waals surface area contributed by atoms with Gasteiger partial charge in [-0.3, -0.25) is 4.79 Å². The van der Waals surface area contributed by atoms with Gasteiger partial charge in [0.25, 0.3) is 5.91 Å². The van der Waals surface area contributed by atoms with Crippen LogP contribution in [-0.2, 0) is 17.9 Å². The zero-order chi connectivity index (χ0) is 33.3. The van der Waals surface area contributed by atoms with Crippen LogP contribution in [0.3, 0.4) is 0 Å². The molecule has 0 saturated carbocycles. The lowest BCUT2D eigenvalue weighted by molar-refractivity contribution is -0.120. The fourth-order valence-electron chi connectivity index (χ4n) is 4.87. The minimum atomic E-state index is -0.921. The van der Waals surface area contributed by atoms with Crippen LogP contribution in [0, 0.1) is 5.82 Å². The molecule has 0 aliphatic carbocycles. The molecule has 0 spiro atoms. The van der Waals surface area contributed by atoms with Crippen molar-refractivity contribution in [2.75, 3.05) is 37.4 Å². The molecule has 0 fully saturated rings. The number of urea groups is 2. The number of anilines is 1. The summed E-state index contributed by atoms with van der Waals surface area (Å²) in [6, 6.07) is 18.1. The smallest absolute Gasteiger partial charge is 0.315 e. The summed E-state index contributed by atoms with van der Waals surface area (Å²) in [4.78, 5) is 40.7. The lowest BCUT2D eigenvalue weighted by atomic mass is 9.98. The van der Waals surface area contributed by atoms with E-state index in [1.807, 2.05) is 62.4 Å². The van der Waals surface area contributed by atoms with Crippen LogP contribution in [0.15, 0.2) is 71.6 Å². The van der Waals surface area contributed by atoms with Gasteiger partial charge >= 0.3 is 12.1 Å². The molecule has 0 radical (unpaired) electrons. The monoisotopic (exact) mass is 652 g/mol. The van der Waals surface area contributed by atoms with Crippen LogP contribution in [0.4, 0.5) is 19.7 Å². The van der Waals surface area contributed by atoms with E-state index in [4.69, 9.17) is 5.11 Å². The Balaban J connectivity index is 1.48. The van der Waals surface area contributed by atoms with E-state index in [1.165, 1.54) is 23.9 Å². The highest BCUT2D eigenvalue weighted by atomic mass is 32.2. The van der Waals surface area contributed by atoms with Crippen molar-refractivity contribution in [3.05, 3.63) is 83.7 Å². The van der Waals surface area contributed by atoms with Crippen LogP contribution >= 0.6 is 11.8 Å². The zero-order valence-corrected chi connectivity index (χ0v) is 26.9. The Hall–Kier alpha value is -4.17. The van der Waals surface area contributed by atoms with Crippen molar-refractivity contribution in [1.29, 1.82) is 0 Å². The van der Waals surface area contributed by atoms with Gasteiger partial charge in [-0.2, -0.15) is 0 Å². The molecule has 3 aromatic carbocycles. The second-order valence-corrected chi connectivity index (χ2v) is 12.7. The molecular weight excluding hydrogens is 611 g/mol. The maximum Gasteiger partial charge on any atom is 0.315 e. The lowest BCUT2D eigenvalue weighted by Gasteiger charge is -2.29. The number of nitrogens with zero attached hydrogens (tertiary/aromatic N) is 1. The number of β-amino-alcohol motifs (C(OH)–C–C–N with tert-alkyl or cyclic N) is 1. The quantitative estimate of drug-likeness (QED) is 0.159. The number of carbonyl (C=O) groups is 3. The number of benzene rings is 3. The van der Waals surface area contributed by atoms with E-state index < -0.39 is 29.5 Å². The second kappa shape index (κ2) is 15.9. The van der Waals surface area contributed by atoms with E-state index in [9.17, 15) is 23.9 Å². The summed E-state index contributed by atoms with van der Waals surface area (Å²) in [5, 5.41) is 32.7. The zero-order valence-electron chi connectivity index (χ0n) is 26.1. The van der Waals surface area contributed by atoms with Crippen molar-refractivity contribution in [1.82, 2.24) is 26.6 Å². The van der Waals surface area contributed by atoms with E-state index >= 15 is 0 Å². The van der Waals surface area contributed by atoms with Crippen molar-refractivity contribution in [2.45, 2.75) is 49.5 Å². The van der Waals surface area contributed by atoms with Gasteiger partial charge in [0.2, 0.25) is 0 Å². The van der Waals surface area contributed by atoms with Crippen LogP contribution in [0.1, 0.15) is 25.0 Å². The first-order chi connectivity index (χ1) is 22.0. The fourth-order valence-corrected chi connectivity index (χ4v) is 5.96. The number of hydrogen-bond donors (Lipinski definition) is 7. The summed E-state index contributed by atoms with van der Waals surface area (Å²) in [5.74, 6) is -0.535. The summed E-state index contributed by atoms with van der Waals surface area (Å²) in [5.41, 5.74) is 3.65. The molecule has 0 unspecified atom stereocenters. The Labute approximate surface area is 272 Å². The van der Waals surface area contributed by atoms with Crippen molar-refractivity contribution in [3.63, 3.8) is 0 Å². The number of aliphatic hydroxyl groups excluding tert-OH is 2. The lowest BCUT2D eigenvalue weighted by Crippen LogP contribution is -2.56. The maximum absolute atomic E-state index is 14.2. The molecule has 13 heteroatoms. The number of carbonyl (C=O) groups excluding carboxylic acids is 3. The van der Waals surface area contributed by atoms with E-state index in [2.05, 4.69) is 26.6 Å². The average Bonchev–Trinajstić information content (AvgIpc) is 3.17. The summed E-state index contributed by atoms with van der Waals surface area (Å²) in [7, 11) is 1.56. The van der Waals surface area contributed by atoms with Gasteiger partial charge in [-0.05, 0) is 54.3 Å². The Morgan fingerprint density at radius 1 is 1.07 bits per heavy atom. The fraction of sp³-hybridized carbons (Fsp3) is 0.364. The molecular formula is C33H41FN6O5S. The molecule has 1 aliphatic heterocycles. The molecule has 5 amide bonds.